The van der Waals surface area contributed by atoms with Crippen molar-refractivity contribution in [1.82, 2.24) is 24.1 Å². The summed E-state index contributed by atoms with van der Waals surface area (Å²) < 4.78 is 4.89. The van der Waals surface area contributed by atoms with Gasteiger partial charge in [-0.15, -0.1) is 0 Å². The highest BCUT2D eigenvalue weighted by molar-refractivity contribution is 7.99. The summed E-state index contributed by atoms with van der Waals surface area (Å²) in [6.07, 6.45) is 0. The van der Waals surface area contributed by atoms with Crippen LogP contribution in [-0.2, 0) is 5.41 Å². The molecule has 56 heavy (non-hydrogen) atoms. The van der Waals surface area contributed by atoms with Gasteiger partial charge in [0.15, 0.2) is 17.5 Å². The highest BCUT2D eigenvalue weighted by Gasteiger charge is 2.35. The van der Waals surface area contributed by atoms with Gasteiger partial charge in [0.25, 0.3) is 0 Å². The van der Waals surface area contributed by atoms with Crippen LogP contribution in [0.5, 0.6) is 0 Å². The lowest BCUT2D eigenvalue weighted by Crippen LogP contribution is -2.14. The molecule has 5 nitrogen and oxygen atoms in total. The first-order valence-electron chi connectivity index (χ1n) is 19.0. The predicted molar refractivity (Wildman–Crippen MR) is 229 cm³/mol. The van der Waals surface area contributed by atoms with Crippen LogP contribution in [-0.4, -0.2) is 24.1 Å². The van der Waals surface area contributed by atoms with E-state index in [2.05, 4.69) is 169 Å². The maximum Gasteiger partial charge on any atom is 0.164 e. The first kappa shape index (κ1) is 31.6. The van der Waals surface area contributed by atoms with Crippen molar-refractivity contribution >= 4 is 44.6 Å². The summed E-state index contributed by atoms with van der Waals surface area (Å²) in [5.74, 6) is 1.95. The lowest BCUT2D eigenvalue weighted by atomic mass is 9.82. The molecule has 0 N–H and O–H groups in total. The number of aromatic nitrogens is 5. The Bertz CT molecular complexity index is 3250. The van der Waals surface area contributed by atoms with Gasteiger partial charge in [-0.25, -0.2) is 15.0 Å². The smallest absolute Gasteiger partial charge is 0.164 e. The lowest BCUT2D eigenvalue weighted by molar-refractivity contribution is 0.660. The molecule has 0 fully saturated rings. The van der Waals surface area contributed by atoms with Crippen molar-refractivity contribution in [3.63, 3.8) is 0 Å². The summed E-state index contributed by atoms with van der Waals surface area (Å²) in [5.41, 5.74) is 13.7. The molecule has 3 aromatic heterocycles. The third kappa shape index (κ3) is 4.36. The number of nitrogens with zero attached hydrogens (tertiary/aromatic N) is 5. The summed E-state index contributed by atoms with van der Waals surface area (Å²) in [7, 11) is 0. The minimum absolute atomic E-state index is 0.0869. The summed E-state index contributed by atoms with van der Waals surface area (Å²) in [6, 6.07) is 58.5. The Balaban J connectivity index is 1.18. The van der Waals surface area contributed by atoms with E-state index in [-0.39, 0.29) is 5.41 Å². The summed E-state index contributed by atoms with van der Waals surface area (Å²) in [4.78, 5) is 18.4. The topological polar surface area (TPSA) is 48.5 Å². The Morgan fingerprint density at radius 1 is 0.482 bits per heavy atom. The van der Waals surface area contributed by atoms with Crippen molar-refractivity contribution in [3.05, 3.63) is 175 Å². The number of hydrogen-bond acceptors (Lipinski definition) is 4. The Hall–Kier alpha value is -6.76. The summed E-state index contributed by atoms with van der Waals surface area (Å²) >= 11 is 1.84. The van der Waals surface area contributed by atoms with Crippen LogP contribution < -0.4 is 0 Å². The second-order valence-corrected chi connectivity index (χ2v) is 16.3. The predicted octanol–water partition coefficient (Wildman–Crippen LogP) is 12.7. The fourth-order valence-electron chi connectivity index (χ4n) is 9.24. The van der Waals surface area contributed by atoms with Gasteiger partial charge in [0.2, 0.25) is 0 Å². The number of para-hydroxylation sites is 3. The van der Waals surface area contributed by atoms with Gasteiger partial charge in [-0.2, -0.15) is 0 Å². The fourth-order valence-corrected chi connectivity index (χ4v) is 10.3. The van der Waals surface area contributed by atoms with Crippen LogP contribution in [0.25, 0.3) is 89.5 Å². The van der Waals surface area contributed by atoms with E-state index in [1.54, 1.807) is 0 Å². The quantitative estimate of drug-likeness (QED) is 0.181. The maximum absolute atomic E-state index is 5.39. The van der Waals surface area contributed by atoms with E-state index in [9.17, 15) is 0 Å². The molecule has 1 aliphatic heterocycles. The summed E-state index contributed by atoms with van der Waals surface area (Å²) in [5, 5.41) is 3.52. The first-order valence-corrected chi connectivity index (χ1v) is 19.9. The Kier molecular flexibility index (Phi) is 6.55. The van der Waals surface area contributed by atoms with Crippen LogP contribution in [0.15, 0.2) is 174 Å². The molecule has 0 atom stereocenters. The molecule has 10 aromatic rings. The minimum Gasteiger partial charge on any atom is -0.295 e. The largest absolute Gasteiger partial charge is 0.295 e. The van der Waals surface area contributed by atoms with Crippen molar-refractivity contribution in [2.75, 3.05) is 0 Å². The van der Waals surface area contributed by atoms with Gasteiger partial charge in [-0.1, -0.05) is 147 Å². The molecule has 4 heterocycles. The van der Waals surface area contributed by atoms with Crippen molar-refractivity contribution < 1.29 is 0 Å². The van der Waals surface area contributed by atoms with E-state index in [1.807, 2.05) is 30.0 Å². The number of fused-ring (bicyclic) bond motifs is 10. The molecule has 12 rings (SSSR count). The molecule has 0 bridgehead atoms. The maximum atomic E-state index is 5.39. The van der Waals surface area contributed by atoms with Gasteiger partial charge >= 0.3 is 0 Å². The fraction of sp³-hybridized carbons (Fsp3) is 0.0600. The van der Waals surface area contributed by atoms with Crippen LogP contribution in [0.2, 0.25) is 0 Å². The zero-order chi connectivity index (χ0) is 37.1. The molecule has 0 radical (unpaired) electrons. The standard InChI is InChI=1S/C50H33N5S/c1-50(2)37-22-10-9-19-33(37)36-29-31(27-28-38(36)50)47-51-46(30-15-5-3-6-16-30)52-48(53-47)35-21-13-24-40-43(35)44-34-20-14-26-42-45(34)55(39-23-11-12-25-41(39)56-42)49(44)54(40)32-17-7-4-8-18-32/h3-29H,1-2H3. The van der Waals surface area contributed by atoms with E-state index < -0.39 is 0 Å². The zero-order valence-electron chi connectivity index (χ0n) is 30.7. The molecular weight excluding hydrogens is 703 g/mol. The van der Waals surface area contributed by atoms with Crippen molar-refractivity contribution in [3.8, 4) is 56.7 Å². The zero-order valence-corrected chi connectivity index (χ0v) is 31.5. The van der Waals surface area contributed by atoms with Crippen LogP contribution >= 0.6 is 11.8 Å². The Labute approximate surface area is 328 Å². The number of rotatable bonds is 4. The normalized spacial score (nSPS) is 13.6. The molecule has 7 aromatic carbocycles. The molecule has 0 unspecified atom stereocenters. The number of benzene rings is 7. The SMILES string of the molecule is CC1(C)c2ccccc2-c2cc(-c3nc(-c4ccccc4)nc(-c4cccc5c4c4c6cccc7c6n(c4n5-c4ccccc4)-c4ccccc4S7)n3)ccc21. The highest BCUT2D eigenvalue weighted by Crippen LogP contribution is 2.52. The molecule has 0 saturated heterocycles. The third-order valence-corrected chi connectivity index (χ3v) is 12.9. The van der Waals surface area contributed by atoms with E-state index in [0.717, 1.165) is 38.9 Å². The van der Waals surface area contributed by atoms with Crippen molar-refractivity contribution in [1.29, 1.82) is 0 Å². The van der Waals surface area contributed by atoms with Crippen LogP contribution in [0, 0.1) is 0 Å². The lowest BCUT2D eigenvalue weighted by Gasteiger charge is -2.21. The average Bonchev–Trinajstić information content (AvgIpc) is 3.85. The molecule has 6 heteroatoms. The second kappa shape index (κ2) is 11.6. The molecule has 0 saturated carbocycles. The Morgan fingerprint density at radius 3 is 2.00 bits per heavy atom. The van der Waals surface area contributed by atoms with Gasteiger partial charge in [-0.3, -0.25) is 9.13 Å². The van der Waals surface area contributed by atoms with E-state index in [0.29, 0.717) is 17.5 Å². The van der Waals surface area contributed by atoms with Crippen LogP contribution in [0.3, 0.4) is 0 Å². The molecule has 0 spiro atoms. The average molecular weight is 736 g/mol. The first-order chi connectivity index (χ1) is 27.5. The van der Waals surface area contributed by atoms with Gasteiger partial charge in [0.1, 0.15) is 5.65 Å². The van der Waals surface area contributed by atoms with Gasteiger partial charge < -0.3 is 0 Å². The van der Waals surface area contributed by atoms with Crippen LogP contribution in [0.4, 0.5) is 0 Å². The van der Waals surface area contributed by atoms with E-state index in [4.69, 9.17) is 15.0 Å². The van der Waals surface area contributed by atoms with Gasteiger partial charge in [0, 0.05) is 53.7 Å². The molecule has 264 valence electrons. The number of hydrogen-bond donors (Lipinski definition) is 0. The molecule has 0 amide bonds. The van der Waals surface area contributed by atoms with Gasteiger partial charge in [-0.05, 0) is 64.7 Å². The van der Waals surface area contributed by atoms with Crippen molar-refractivity contribution in [2.24, 2.45) is 0 Å². The van der Waals surface area contributed by atoms with Gasteiger partial charge in [0.05, 0.1) is 16.7 Å². The van der Waals surface area contributed by atoms with Crippen LogP contribution in [0.1, 0.15) is 25.0 Å². The molecular formula is C50H33N5S. The highest BCUT2D eigenvalue weighted by atomic mass is 32.2. The monoisotopic (exact) mass is 735 g/mol. The van der Waals surface area contributed by atoms with Crippen molar-refractivity contribution in [2.45, 2.75) is 29.1 Å². The Morgan fingerprint density at radius 2 is 1.14 bits per heavy atom. The second-order valence-electron chi connectivity index (χ2n) is 15.2. The van der Waals surface area contributed by atoms with E-state index in [1.165, 1.54) is 54.0 Å². The third-order valence-electron chi connectivity index (χ3n) is 11.8. The summed E-state index contributed by atoms with van der Waals surface area (Å²) in [6.45, 7) is 4.63. The molecule has 1 aliphatic carbocycles. The van der Waals surface area contributed by atoms with E-state index >= 15 is 0 Å². The molecule has 2 aliphatic rings. The minimum atomic E-state index is -0.0869.